The average molecular weight is 348 g/mol. The molecule has 0 aliphatic rings. The molecule has 3 rings (SSSR count). The first kappa shape index (κ1) is 17.5. The van der Waals surface area contributed by atoms with E-state index in [2.05, 4.69) is 21.6 Å². The van der Waals surface area contributed by atoms with Crippen LogP contribution in [-0.4, -0.2) is 31.0 Å². The molecule has 0 bridgehead atoms. The lowest BCUT2D eigenvalue weighted by Gasteiger charge is -2.12. The molecular formula is C20H20N4O2. The van der Waals surface area contributed by atoms with Gasteiger partial charge < -0.3 is 14.8 Å². The zero-order valence-electron chi connectivity index (χ0n) is 15.0. The Labute approximate surface area is 152 Å². The Morgan fingerprint density at radius 1 is 1.04 bits per heavy atom. The van der Waals surface area contributed by atoms with Crippen LogP contribution in [0, 0.1) is 18.3 Å². The SMILES string of the molecule is COc1ccc(CCNc2c(C#N)nnc3ccc(C)cc23)cc1OC. The zero-order valence-corrected chi connectivity index (χ0v) is 15.0. The lowest BCUT2D eigenvalue weighted by molar-refractivity contribution is 0.354. The number of nitrogens with one attached hydrogen (secondary N) is 1. The van der Waals surface area contributed by atoms with Crippen molar-refractivity contribution in [3.63, 3.8) is 0 Å². The van der Waals surface area contributed by atoms with E-state index in [1.807, 2.05) is 43.3 Å². The molecule has 26 heavy (non-hydrogen) atoms. The topological polar surface area (TPSA) is 80.1 Å². The summed E-state index contributed by atoms with van der Waals surface area (Å²) in [5, 5.41) is 21.8. The molecule has 0 radical (unpaired) electrons. The first-order valence-corrected chi connectivity index (χ1v) is 8.28. The molecule has 0 aliphatic heterocycles. The minimum atomic E-state index is 0.301. The van der Waals surface area contributed by atoms with Crippen LogP contribution in [0.3, 0.4) is 0 Å². The van der Waals surface area contributed by atoms with Crippen molar-refractivity contribution in [3.05, 3.63) is 53.2 Å². The standard InChI is InChI=1S/C20H20N4O2/c1-13-4-6-16-15(10-13)20(17(12-21)24-23-16)22-9-8-14-5-7-18(25-2)19(11-14)26-3/h4-7,10-11H,8-9H2,1-3H3,(H,22,23). The van der Waals surface area contributed by atoms with Crippen molar-refractivity contribution in [1.29, 1.82) is 5.26 Å². The van der Waals surface area contributed by atoms with Gasteiger partial charge >= 0.3 is 0 Å². The van der Waals surface area contributed by atoms with Gasteiger partial charge in [0.05, 0.1) is 25.4 Å². The number of aromatic nitrogens is 2. The number of hydrogen-bond acceptors (Lipinski definition) is 6. The van der Waals surface area contributed by atoms with Gasteiger partial charge in [-0.1, -0.05) is 17.7 Å². The van der Waals surface area contributed by atoms with Gasteiger partial charge in [-0.15, -0.1) is 10.2 Å². The van der Waals surface area contributed by atoms with E-state index in [1.165, 1.54) is 0 Å². The summed E-state index contributed by atoms with van der Waals surface area (Å²) < 4.78 is 10.6. The normalized spacial score (nSPS) is 10.4. The number of nitrogens with zero attached hydrogens (tertiary/aromatic N) is 3. The van der Waals surface area contributed by atoms with E-state index in [1.54, 1.807) is 14.2 Å². The highest BCUT2D eigenvalue weighted by atomic mass is 16.5. The van der Waals surface area contributed by atoms with E-state index in [9.17, 15) is 5.26 Å². The molecule has 0 saturated heterocycles. The predicted molar refractivity (Wildman–Crippen MR) is 101 cm³/mol. The molecule has 0 unspecified atom stereocenters. The van der Waals surface area contributed by atoms with Crippen LogP contribution in [-0.2, 0) is 6.42 Å². The number of nitriles is 1. The van der Waals surface area contributed by atoms with Crippen LogP contribution >= 0.6 is 0 Å². The van der Waals surface area contributed by atoms with Crippen LogP contribution in [0.15, 0.2) is 36.4 Å². The van der Waals surface area contributed by atoms with Crippen LogP contribution in [0.4, 0.5) is 5.69 Å². The van der Waals surface area contributed by atoms with Gasteiger partial charge in [-0.2, -0.15) is 5.26 Å². The molecule has 0 aliphatic carbocycles. The van der Waals surface area contributed by atoms with Crippen molar-refractivity contribution in [2.75, 3.05) is 26.1 Å². The number of anilines is 1. The molecule has 0 saturated carbocycles. The third kappa shape index (κ3) is 3.52. The Kier molecular flexibility index (Phi) is 5.18. The number of benzene rings is 2. The second kappa shape index (κ2) is 7.70. The van der Waals surface area contributed by atoms with Crippen LogP contribution < -0.4 is 14.8 Å². The van der Waals surface area contributed by atoms with Crippen molar-refractivity contribution < 1.29 is 9.47 Å². The molecule has 0 spiro atoms. The first-order chi connectivity index (χ1) is 12.7. The van der Waals surface area contributed by atoms with Gasteiger partial charge in [-0.25, -0.2) is 0 Å². The van der Waals surface area contributed by atoms with E-state index >= 15 is 0 Å². The average Bonchev–Trinajstić information content (AvgIpc) is 2.67. The summed E-state index contributed by atoms with van der Waals surface area (Å²) in [7, 11) is 3.24. The second-order valence-electron chi connectivity index (χ2n) is 5.92. The highest BCUT2D eigenvalue weighted by Crippen LogP contribution is 2.28. The van der Waals surface area contributed by atoms with Crippen LogP contribution in [0.25, 0.3) is 10.9 Å². The number of methoxy groups -OCH3 is 2. The molecule has 3 aromatic rings. The fraction of sp³-hybridized carbons (Fsp3) is 0.250. The summed E-state index contributed by atoms with van der Waals surface area (Å²) in [6.45, 7) is 2.66. The summed E-state index contributed by atoms with van der Waals surface area (Å²) in [5.41, 5.74) is 4.01. The highest BCUT2D eigenvalue weighted by molar-refractivity contribution is 5.93. The Balaban J connectivity index is 1.82. The maximum Gasteiger partial charge on any atom is 0.186 e. The Bertz CT molecular complexity index is 979. The highest BCUT2D eigenvalue weighted by Gasteiger charge is 2.11. The van der Waals surface area contributed by atoms with Gasteiger partial charge in [0, 0.05) is 11.9 Å². The van der Waals surface area contributed by atoms with Gasteiger partial charge in [-0.3, -0.25) is 0 Å². The number of hydrogen-bond donors (Lipinski definition) is 1. The maximum absolute atomic E-state index is 9.37. The number of ether oxygens (including phenoxy) is 2. The molecule has 132 valence electrons. The van der Waals surface area contributed by atoms with E-state index in [4.69, 9.17) is 9.47 Å². The molecule has 0 amide bonds. The smallest absolute Gasteiger partial charge is 0.186 e. The van der Waals surface area contributed by atoms with E-state index < -0.39 is 0 Å². The van der Waals surface area contributed by atoms with Crippen molar-refractivity contribution >= 4 is 16.6 Å². The zero-order chi connectivity index (χ0) is 18.5. The molecule has 0 fully saturated rings. The second-order valence-corrected chi connectivity index (χ2v) is 5.92. The third-order valence-corrected chi connectivity index (χ3v) is 4.19. The van der Waals surface area contributed by atoms with Crippen molar-refractivity contribution in [2.24, 2.45) is 0 Å². The molecule has 1 heterocycles. The Hall–Kier alpha value is -3.33. The van der Waals surface area contributed by atoms with Crippen LogP contribution in [0.1, 0.15) is 16.8 Å². The molecule has 1 aromatic heterocycles. The van der Waals surface area contributed by atoms with Crippen LogP contribution in [0.5, 0.6) is 11.5 Å². The number of aryl methyl sites for hydroxylation is 1. The largest absolute Gasteiger partial charge is 0.493 e. The van der Waals surface area contributed by atoms with Gasteiger partial charge in [0.15, 0.2) is 17.2 Å². The summed E-state index contributed by atoms with van der Waals surface area (Å²) in [6.07, 6.45) is 0.765. The summed E-state index contributed by atoms with van der Waals surface area (Å²) in [6, 6.07) is 13.9. The third-order valence-electron chi connectivity index (χ3n) is 4.19. The first-order valence-electron chi connectivity index (χ1n) is 8.28. The van der Waals surface area contributed by atoms with E-state index in [0.717, 1.165) is 34.1 Å². The van der Waals surface area contributed by atoms with Gasteiger partial charge in [-0.05, 0) is 43.2 Å². The van der Waals surface area contributed by atoms with Crippen LogP contribution in [0.2, 0.25) is 0 Å². The number of fused-ring (bicyclic) bond motifs is 1. The van der Waals surface area contributed by atoms with Gasteiger partial charge in [0.1, 0.15) is 6.07 Å². The predicted octanol–water partition coefficient (Wildman–Crippen LogP) is 3.48. The van der Waals surface area contributed by atoms with Crippen molar-refractivity contribution in [2.45, 2.75) is 13.3 Å². The van der Waals surface area contributed by atoms with Gasteiger partial charge in [0.25, 0.3) is 0 Å². The minimum absolute atomic E-state index is 0.301. The summed E-state index contributed by atoms with van der Waals surface area (Å²) in [5.74, 6) is 1.41. The summed E-state index contributed by atoms with van der Waals surface area (Å²) >= 11 is 0. The minimum Gasteiger partial charge on any atom is -0.493 e. The van der Waals surface area contributed by atoms with E-state index in [0.29, 0.717) is 23.7 Å². The summed E-state index contributed by atoms with van der Waals surface area (Å²) in [4.78, 5) is 0. The fourth-order valence-electron chi connectivity index (χ4n) is 2.84. The quantitative estimate of drug-likeness (QED) is 0.734. The molecule has 6 nitrogen and oxygen atoms in total. The Morgan fingerprint density at radius 3 is 2.58 bits per heavy atom. The van der Waals surface area contributed by atoms with Crippen molar-refractivity contribution in [1.82, 2.24) is 10.2 Å². The van der Waals surface area contributed by atoms with E-state index in [-0.39, 0.29) is 0 Å². The number of rotatable bonds is 6. The lowest BCUT2D eigenvalue weighted by Crippen LogP contribution is -2.09. The molecule has 1 N–H and O–H groups in total. The molecule has 6 heteroatoms. The monoisotopic (exact) mass is 348 g/mol. The molecule has 0 atom stereocenters. The van der Waals surface area contributed by atoms with Crippen molar-refractivity contribution in [3.8, 4) is 17.6 Å². The van der Waals surface area contributed by atoms with Gasteiger partial charge in [0.2, 0.25) is 0 Å². The maximum atomic E-state index is 9.37. The molecular weight excluding hydrogens is 328 g/mol. The Morgan fingerprint density at radius 2 is 1.85 bits per heavy atom. The fourth-order valence-corrected chi connectivity index (χ4v) is 2.84. The molecule has 2 aromatic carbocycles. The lowest BCUT2D eigenvalue weighted by atomic mass is 10.1.